The van der Waals surface area contributed by atoms with Gasteiger partial charge in [-0.1, -0.05) is 181 Å². The predicted molar refractivity (Wildman–Crippen MR) is 323 cm³/mol. The van der Waals surface area contributed by atoms with Gasteiger partial charge in [-0.3, -0.25) is 8.37 Å². The van der Waals surface area contributed by atoms with Gasteiger partial charge in [-0.2, -0.15) is 16.8 Å². The summed E-state index contributed by atoms with van der Waals surface area (Å²) >= 11 is 0. The molecule has 0 radical (unpaired) electrons. The van der Waals surface area contributed by atoms with Crippen LogP contribution in [0.5, 0.6) is 23.0 Å². The second-order valence-electron chi connectivity index (χ2n) is 25.8. The third kappa shape index (κ3) is 15.5. The molecule has 0 unspecified atom stereocenters. The summed E-state index contributed by atoms with van der Waals surface area (Å²) in [7, 11) is -8.13. The first-order valence-corrected chi connectivity index (χ1v) is 31.3. The van der Waals surface area contributed by atoms with E-state index in [4.69, 9.17) is 27.3 Å². The summed E-state index contributed by atoms with van der Waals surface area (Å²) in [6.07, 6.45) is 3.29. The number of ether oxygens (including phenoxy) is 4. The Morgan fingerprint density at radius 2 is 0.550 bits per heavy atom. The third-order valence-electron chi connectivity index (χ3n) is 14.6. The molecule has 10 nitrogen and oxygen atoms in total. The molecule has 0 saturated heterocycles. The molecule has 0 aromatic heterocycles. The maximum atomic E-state index is 13.5. The largest absolute Gasteiger partial charge is 0.493 e. The van der Waals surface area contributed by atoms with E-state index in [9.17, 15) is 16.8 Å². The van der Waals surface area contributed by atoms with Crippen LogP contribution in [-0.4, -0.2) is 56.5 Å². The highest BCUT2D eigenvalue weighted by Crippen LogP contribution is 2.45. The highest BCUT2D eigenvalue weighted by molar-refractivity contribution is 7.87. The van der Waals surface area contributed by atoms with Crippen molar-refractivity contribution in [1.29, 1.82) is 0 Å². The lowest BCUT2D eigenvalue weighted by Gasteiger charge is -2.29. The first kappa shape index (κ1) is 61.9. The monoisotopic (exact) mass is 1130 g/mol. The zero-order valence-corrected chi connectivity index (χ0v) is 52.3. The number of hydrogen-bond acceptors (Lipinski definition) is 10. The third-order valence-corrected chi connectivity index (χ3v) is 17.3. The van der Waals surface area contributed by atoms with Gasteiger partial charge in [0, 0.05) is 25.7 Å². The number of fused-ring (bicyclic) bond motifs is 8. The molecule has 0 fully saturated rings. The van der Waals surface area contributed by atoms with Gasteiger partial charge < -0.3 is 18.9 Å². The van der Waals surface area contributed by atoms with E-state index in [2.05, 4.69) is 145 Å². The molecule has 6 aromatic carbocycles. The second kappa shape index (κ2) is 24.8. The quantitative estimate of drug-likeness (QED) is 0.0606. The van der Waals surface area contributed by atoms with Crippen molar-refractivity contribution in [3.63, 3.8) is 0 Å². The van der Waals surface area contributed by atoms with Gasteiger partial charge in [0.2, 0.25) is 0 Å². The van der Waals surface area contributed by atoms with Gasteiger partial charge in [0.25, 0.3) is 20.2 Å². The van der Waals surface area contributed by atoms with Gasteiger partial charge in [0.1, 0.15) is 49.4 Å². The average molecular weight is 1130 g/mol. The molecule has 1 aliphatic rings. The summed E-state index contributed by atoms with van der Waals surface area (Å²) in [5.74, 6) is 2.89. The molecule has 1 aliphatic carbocycles. The van der Waals surface area contributed by atoms with Crippen LogP contribution in [0.2, 0.25) is 0 Å². The molecule has 0 spiro atoms. The molecular weight excluding hydrogens is 1040 g/mol. The maximum absolute atomic E-state index is 13.5. The Labute approximate surface area is 480 Å². The molecule has 0 atom stereocenters. The van der Waals surface area contributed by atoms with Crippen molar-refractivity contribution in [3.05, 3.63) is 175 Å². The number of hydrogen-bond donors (Lipinski definition) is 0. The summed E-state index contributed by atoms with van der Waals surface area (Å²) in [6, 6.07) is 31.4. The Morgan fingerprint density at radius 3 is 0.750 bits per heavy atom. The van der Waals surface area contributed by atoms with Crippen LogP contribution in [0, 0.1) is 13.8 Å². The van der Waals surface area contributed by atoms with Crippen LogP contribution in [0.3, 0.4) is 0 Å². The van der Waals surface area contributed by atoms with Gasteiger partial charge in [0.15, 0.2) is 0 Å². The molecule has 0 aliphatic heterocycles. The summed E-state index contributed by atoms with van der Waals surface area (Å²) in [6.45, 7) is 35.2. The molecular formula is C68H88O10S2. The molecule has 80 heavy (non-hydrogen) atoms. The van der Waals surface area contributed by atoms with Crippen molar-refractivity contribution < 1.29 is 44.1 Å². The summed E-state index contributed by atoms with van der Waals surface area (Å²) in [5.41, 5.74) is 13.0. The number of rotatable bonds is 18. The molecule has 0 heterocycles. The van der Waals surface area contributed by atoms with E-state index in [1.807, 2.05) is 13.8 Å². The van der Waals surface area contributed by atoms with Crippen LogP contribution in [0.1, 0.15) is 188 Å². The molecule has 7 rings (SSSR count). The van der Waals surface area contributed by atoms with E-state index in [0.29, 0.717) is 50.4 Å². The second-order valence-corrected chi connectivity index (χ2v) is 29.0. The molecule has 12 heteroatoms. The van der Waals surface area contributed by atoms with Crippen molar-refractivity contribution in [2.75, 3.05) is 39.6 Å². The van der Waals surface area contributed by atoms with E-state index >= 15 is 0 Å². The minimum Gasteiger partial charge on any atom is -0.493 e. The Bertz CT molecular complexity index is 3040. The Morgan fingerprint density at radius 1 is 0.338 bits per heavy atom. The highest BCUT2D eigenvalue weighted by Gasteiger charge is 2.30. The zero-order chi connectivity index (χ0) is 58.6. The fourth-order valence-electron chi connectivity index (χ4n) is 9.89. The normalized spacial score (nSPS) is 13.5. The standard InChI is InChI=1S/C68H88O10S2/c1-17-27-73-61-47-33-51-41-57(67(11,12)13)43-53(63(51)75-29-31-77-79(69,70)59-23-19-45(3)20-24-59)35-49-39-56(66(8,9)10)40-50(62(49)74-28-18-2)36-54-44-58(68(14,15)16)42-52(34-48(61)38-55(37-47)65(5,6)7)64(54)76-30-32-78-80(71,72)60-25-21-46(4)22-26-60/h19-26,37-44H,17-18,27-36H2,1-16H3. The number of aryl methyl sites for hydroxylation is 2. The fraction of sp³-hybridized carbons (Fsp3) is 0.471. The van der Waals surface area contributed by atoms with E-state index < -0.39 is 20.2 Å². The van der Waals surface area contributed by atoms with Crippen molar-refractivity contribution in [1.82, 2.24) is 0 Å². The van der Waals surface area contributed by atoms with Crippen LogP contribution >= 0.6 is 0 Å². The zero-order valence-electron chi connectivity index (χ0n) is 50.6. The van der Waals surface area contributed by atoms with Crippen molar-refractivity contribution in [2.24, 2.45) is 0 Å². The summed E-state index contributed by atoms with van der Waals surface area (Å²) in [4.78, 5) is 0.182. The Balaban J connectivity index is 1.51. The van der Waals surface area contributed by atoms with E-state index in [1.54, 1.807) is 48.5 Å². The van der Waals surface area contributed by atoms with E-state index in [0.717, 1.165) is 102 Å². The van der Waals surface area contributed by atoms with Gasteiger partial charge in [0.05, 0.1) is 23.0 Å². The van der Waals surface area contributed by atoms with Gasteiger partial charge in [-0.15, -0.1) is 0 Å². The van der Waals surface area contributed by atoms with Crippen LogP contribution in [-0.2, 0) is 75.9 Å². The van der Waals surface area contributed by atoms with Crippen LogP contribution in [0.15, 0.2) is 107 Å². The highest BCUT2D eigenvalue weighted by atomic mass is 32.2. The SMILES string of the molecule is CCCOc1c2cc(C(C)(C)C)cc1Cc1cc(C(C)(C)C)cc(c1OCCOS(=O)(=O)c1ccc(C)cc1)Cc1cc(C(C)(C)C)cc(c1OCCC)Cc1cc(C(C)(C)C)cc(c1OCCOS(=O)(=O)c1ccc(C)cc1)C2. The summed E-state index contributed by atoms with van der Waals surface area (Å²) in [5, 5.41) is 0. The van der Waals surface area contributed by atoms with E-state index in [-0.39, 0.29) is 57.9 Å². The lowest BCUT2D eigenvalue weighted by molar-refractivity contribution is 0.218. The molecule has 432 valence electrons. The van der Waals surface area contributed by atoms with Crippen LogP contribution in [0.25, 0.3) is 0 Å². The topological polar surface area (TPSA) is 124 Å². The van der Waals surface area contributed by atoms with Gasteiger partial charge in [-0.05, 0) is 139 Å². The molecule has 0 amide bonds. The average Bonchev–Trinajstić information content (AvgIpc) is 3.36. The Hall–Kier alpha value is -5.66. The Kier molecular flexibility index (Phi) is 19.2. The molecule has 6 aromatic rings. The first-order valence-electron chi connectivity index (χ1n) is 28.5. The lowest BCUT2D eigenvalue weighted by atomic mass is 9.79. The van der Waals surface area contributed by atoms with Gasteiger partial charge >= 0.3 is 0 Å². The minimum atomic E-state index is -4.07. The van der Waals surface area contributed by atoms with Crippen molar-refractivity contribution in [3.8, 4) is 23.0 Å². The molecule has 0 N–H and O–H groups in total. The number of benzene rings is 6. The van der Waals surface area contributed by atoms with Gasteiger partial charge in [-0.25, -0.2) is 0 Å². The van der Waals surface area contributed by atoms with Crippen molar-refractivity contribution in [2.45, 2.75) is 181 Å². The smallest absolute Gasteiger partial charge is 0.297 e. The summed E-state index contributed by atoms with van der Waals surface area (Å²) < 4.78 is 93.3. The predicted octanol–water partition coefficient (Wildman–Crippen LogP) is 15.3. The van der Waals surface area contributed by atoms with Crippen LogP contribution < -0.4 is 18.9 Å². The minimum absolute atomic E-state index is 0.0324. The molecule has 0 saturated carbocycles. The fourth-order valence-corrected chi connectivity index (χ4v) is 11.7. The lowest BCUT2D eigenvalue weighted by Crippen LogP contribution is -2.19. The van der Waals surface area contributed by atoms with Crippen LogP contribution in [0.4, 0.5) is 0 Å². The van der Waals surface area contributed by atoms with E-state index in [1.165, 1.54) is 0 Å². The van der Waals surface area contributed by atoms with Crippen molar-refractivity contribution >= 4 is 20.2 Å². The first-order chi connectivity index (χ1) is 37.4. The maximum Gasteiger partial charge on any atom is 0.297 e. The molecule has 8 bridgehead atoms.